The Balaban J connectivity index is 3.05. The number of benzene rings is 1. The lowest BCUT2D eigenvalue weighted by Crippen LogP contribution is -2.34. The van der Waals surface area contributed by atoms with E-state index < -0.39 is 0 Å². The van der Waals surface area contributed by atoms with Gasteiger partial charge in [-0.3, -0.25) is 0 Å². The van der Waals surface area contributed by atoms with Crippen LogP contribution in [0.3, 0.4) is 0 Å². The lowest BCUT2D eigenvalue weighted by Gasteiger charge is -2.31. The highest BCUT2D eigenvalue weighted by molar-refractivity contribution is 5.50. The van der Waals surface area contributed by atoms with Crippen LogP contribution >= 0.6 is 0 Å². The molecule has 0 aliphatic rings. The molecule has 1 atom stereocenters. The highest BCUT2D eigenvalue weighted by Crippen LogP contribution is 2.25. The maximum atomic E-state index is 14.3. The minimum absolute atomic E-state index is 0.131. The molecule has 0 saturated heterocycles. The van der Waals surface area contributed by atoms with E-state index in [-0.39, 0.29) is 11.9 Å². The van der Waals surface area contributed by atoms with Crippen LogP contribution in [0.25, 0.3) is 0 Å². The van der Waals surface area contributed by atoms with E-state index in [1.165, 1.54) is 0 Å². The largest absolute Gasteiger partial charge is 0.366 e. The minimum Gasteiger partial charge on any atom is -0.366 e. The van der Waals surface area contributed by atoms with Crippen molar-refractivity contribution in [2.45, 2.75) is 46.7 Å². The van der Waals surface area contributed by atoms with E-state index in [1.807, 2.05) is 26.1 Å². The van der Waals surface area contributed by atoms with Gasteiger partial charge in [-0.1, -0.05) is 19.9 Å². The Morgan fingerprint density at radius 2 is 1.79 bits per heavy atom. The molecule has 0 aliphatic carbocycles. The van der Waals surface area contributed by atoms with Crippen LogP contribution in [0.1, 0.15) is 46.2 Å². The second kappa shape index (κ2) is 6.90. The van der Waals surface area contributed by atoms with E-state index in [4.69, 9.17) is 0 Å². The normalized spacial score (nSPS) is 13.1. The Labute approximate surface area is 117 Å². The molecule has 1 aromatic rings. The van der Waals surface area contributed by atoms with Gasteiger partial charge in [-0.25, -0.2) is 4.39 Å². The van der Waals surface area contributed by atoms with Crippen LogP contribution in [-0.2, 0) is 0 Å². The van der Waals surface area contributed by atoms with Crippen molar-refractivity contribution in [3.8, 4) is 0 Å². The second-order valence-electron chi connectivity index (χ2n) is 5.86. The Kier molecular flexibility index (Phi) is 5.80. The maximum Gasteiger partial charge on any atom is 0.146 e. The molecule has 0 amide bonds. The van der Waals surface area contributed by atoms with Gasteiger partial charge in [-0.15, -0.1) is 0 Å². The fourth-order valence-corrected chi connectivity index (χ4v) is 2.17. The first-order valence-electron chi connectivity index (χ1n) is 7.10. The molecule has 1 N–H and O–H groups in total. The van der Waals surface area contributed by atoms with Gasteiger partial charge >= 0.3 is 0 Å². The van der Waals surface area contributed by atoms with Crippen LogP contribution in [-0.4, -0.2) is 19.6 Å². The SMILES string of the molecule is CNC(C)c1ccc(N(CC(C)C)C(C)C)c(F)c1. The van der Waals surface area contributed by atoms with Crippen LogP contribution in [0.5, 0.6) is 0 Å². The lowest BCUT2D eigenvalue weighted by molar-refractivity contribution is 0.547. The standard InChI is InChI=1S/C16H27FN2/c1-11(2)10-19(12(3)4)16-8-7-14(9-15(16)17)13(5)18-6/h7-9,11-13,18H,10H2,1-6H3. The van der Waals surface area contributed by atoms with Crippen LogP contribution in [0.15, 0.2) is 18.2 Å². The number of nitrogens with zero attached hydrogens (tertiary/aromatic N) is 1. The number of rotatable bonds is 6. The van der Waals surface area contributed by atoms with Crippen molar-refractivity contribution >= 4 is 5.69 Å². The summed E-state index contributed by atoms with van der Waals surface area (Å²) in [7, 11) is 1.88. The first kappa shape index (κ1) is 16.0. The third-order valence-electron chi connectivity index (χ3n) is 3.40. The zero-order valence-corrected chi connectivity index (χ0v) is 13.0. The summed E-state index contributed by atoms with van der Waals surface area (Å²) in [5.74, 6) is 0.381. The van der Waals surface area contributed by atoms with Crippen molar-refractivity contribution in [1.82, 2.24) is 5.32 Å². The average molecular weight is 266 g/mol. The molecular formula is C16H27FN2. The monoisotopic (exact) mass is 266 g/mol. The van der Waals surface area contributed by atoms with E-state index in [1.54, 1.807) is 6.07 Å². The summed E-state index contributed by atoms with van der Waals surface area (Å²) in [6.45, 7) is 11.4. The van der Waals surface area contributed by atoms with Gasteiger partial charge in [-0.2, -0.15) is 0 Å². The second-order valence-corrected chi connectivity index (χ2v) is 5.86. The molecule has 0 bridgehead atoms. The number of halogens is 1. The summed E-state index contributed by atoms with van der Waals surface area (Å²) in [4.78, 5) is 2.13. The number of hydrogen-bond donors (Lipinski definition) is 1. The van der Waals surface area contributed by atoms with E-state index in [9.17, 15) is 4.39 Å². The van der Waals surface area contributed by atoms with E-state index in [2.05, 4.69) is 37.9 Å². The molecule has 0 aliphatic heterocycles. The fraction of sp³-hybridized carbons (Fsp3) is 0.625. The first-order valence-corrected chi connectivity index (χ1v) is 7.10. The third kappa shape index (κ3) is 4.20. The predicted octanol–water partition coefficient (Wildman–Crippen LogP) is 3.98. The van der Waals surface area contributed by atoms with E-state index in [0.29, 0.717) is 17.6 Å². The summed E-state index contributed by atoms with van der Waals surface area (Å²) in [5, 5.41) is 3.13. The van der Waals surface area contributed by atoms with Gasteiger partial charge < -0.3 is 10.2 Å². The van der Waals surface area contributed by atoms with E-state index >= 15 is 0 Å². The van der Waals surface area contributed by atoms with E-state index in [0.717, 1.165) is 12.1 Å². The lowest BCUT2D eigenvalue weighted by atomic mass is 10.1. The smallest absolute Gasteiger partial charge is 0.146 e. The van der Waals surface area contributed by atoms with Gasteiger partial charge in [-0.05, 0) is 51.4 Å². The molecule has 19 heavy (non-hydrogen) atoms. The molecule has 3 heteroatoms. The Hall–Kier alpha value is -1.09. The Morgan fingerprint density at radius 3 is 2.21 bits per heavy atom. The van der Waals surface area contributed by atoms with Crippen molar-refractivity contribution in [1.29, 1.82) is 0 Å². The van der Waals surface area contributed by atoms with Gasteiger partial charge in [0.2, 0.25) is 0 Å². The van der Waals surface area contributed by atoms with Gasteiger partial charge in [0.15, 0.2) is 0 Å². The molecule has 0 saturated carbocycles. The Bertz CT molecular complexity index is 402. The third-order valence-corrected chi connectivity index (χ3v) is 3.40. The molecule has 0 fully saturated rings. The van der Waals surface area contributed by atoms with Crippen LogP contribution in [0.2, 0.25) is 0 Å². The predicted molar refractivity (Wildman–Crippen MR) is 81.2 cm³/mol. The van der Waals surface area contributed by atoms with Crippen molar-refractivity contribution in [3.63, 3.8) is 0 Å². The average Bonchev–Trinajstić information content (AvgIpc) is 2.34. The topological polar surface area (TPSA) is 15.3 Å². The van der Waals surface area contributed by atoms with Crippen molar-refractivity contribution in [2.75, 3.05) is 18.5 Å². The maximum absolute atomic E-state index is 14.3. The summed E-state index contributed by atoms with van der Waals surface area (Å²) < 4.78 is 14.3. The van der Waals surface area contributed by atoms with Crippen molar-refractivity contribution in [2.24, 2.45) is 5.92 Å². The minimum atomic E-state index is -0.131. The first-order chi connectivity index (χ1) is 8.86. The zero-order chi connectivity index (χ0) is 14.6. The number of hydrogen-bond acceptors (Lipinski definition) is 2. The molecule has 1 rings (SSSR count). The number of nitrogens with one attached hydrogen (secondary N) is 1. The number of anilines is 1. The van der Waals surface area contributed by atoms with Gasteiger partial charge in [0.25, 0.3) is 0 Å². The van der Waals surface area contributed by atoms with Crippen molar-refractivity contribution in [3.05, 3.63) is 29.6 Å². The highest BCUT2D eigenvalue weighted by Gasteiger charge is 2.17. The van der Waals surface area contributed by atoms with Crippen LogP contribution in [0.4, 0.5) is 10.1 Å². The molecule has 1 aromatic carbocycles. The van der Waals surface area contributed by atoms with Crippen LogP contribution in [0, 0.1) is 11.7 Å². The fourth-order valence-electron chi connectivity index (χ4n) is 2.17. The summed E-state index contributed by atoms with van der Waals surface area (Å²) in [6, 6.07) is 6.02. The molecule has 1 unspecified atom stereocenters. The molecule has 0 radical (unpaired) electrons. The molecule has 108 valence electrons. The Morgan fingerprint density at radius 1 is 1.16 bits per heavy atom. The summed E-state index contributed by atoms with van der Waals surface area (Å²) in [6.07, 6.45) is 0. The van der Waals surface area contributed by atoms with Gasteiger partial charge in [0.1, 0.15) is 5.82 Å². The van der Waals surface area contributed by atoms with Crippen LogP contribution < -0.4 is 10.2 Å². The molecule has 0 heterocycles. The van der Waals surface area contributed by atoms with Crippen molar-refractivity contribution < 1.29 is 4.39 Å². The quantitative estimate of drug-likeness (QED) is 0.838. The molecule has 2 nitrogen and oxygen atoms in total. The summed E-state index contributed by atoms with van der Waals surface area (Å²) in [5.41, 5.74) is 1.69. The molecular weight excluding hydrogens is 239 g/mol. The summed E-state index contributed by atoms with van der Waals surface area (Å²) >= 11 is 0. The van der Waals surface area contributed by atoms with Gasteiger partial charge in [0.05, 0.1) is 5.69 Å². The molecule has 0 aromatic heterocycles. The molecule has 0 spiro atoms. The zero-order valence-electron chi connectivity index (χ0n) is 13.0. The highest BCUT2D eigenvalue weighted by atomic mass is 19.1. The van der Waals surface area contributed by atoms with Gasteiger partial charge in [0, 0.05) is 18.6 Å².